The Morgan fingerprint density at radius 2 is 2.18 bits per heavy atom. The highest BCUT2D eigenvalue weighted by atomic mass is 35.5. The highest BCUT2D eigenvalue weighted by molar-refractivity contribution is 7.11. The molecule has 0 saturated carbocycles. The van der Waals surface area contributed by atoms with Gasteiger partial charge in [0.25, 0.3) is 5.91 Å². The van der Waals surface area contributed by atoms with Crippen molar-refractivity contribution < 1.29 is 23.8 Å². The number of carbonyl (C=O) groups excluding carboxylic acids is 2. The van der Waals surface area contributed by atoms with Crippen LogP contribution in [-0.4, -0.2) is 49.3 Å². The third-order valence-corrected chi connectivity index (χ3v) is 5.85. The summed E-state index contributed by atoms with van der Waals surface area (Å²) in [7, 11) is 1.48. The number of hydrogen-bond donors (Lipinski definition) is 0. The Balaban J connectivity index is 2.04. The molecule has 0 spiro atoms. The Morgan fingerprint density at radius 1 is 1.39 bits per heavy atom. The van der Waals surface area contributed by atoms with Crippen LogP contribution in [0.3, 0.4) is 0 Å². The number of Topliss-reactive ketones (excluding diaryl/α,β-unsaturated/α-hetero) is 1. The average Bonchev–Trinajstić information content (AvgIpc) is 2.98. The lowest BCUT2D eigenvalue weighted by Gasteiger charge is -2.23. The molecule has 1 saturated heterocycles. The number of amides is 1. The summed E-state index contributed by atoms with van der Waals surface area (Å²) in [6.45, 7) is 5.29. The second-order valence-corrected chi connectivity index (χ2v) is 7.71. The standard InChI is InChI=1S/C19H21ClN2O5S/c1-11-17(12(2)23)28-19(22(11)9-14-10-26-6-7-27-14)21-18(24)15-8-13(20)4-5-16(15)25-3/h4-5,8,14H,6-7,9-10H2,1-3H3/b21-19-. The Bertz CT molecular complexity index is 960. The topological polar surface area (TPSA) is 79.1 Å². The number of aromatic nitrogens is 1. The SMILES string of the molecule is COc1ccc(Cl)cc1C(=O)/N=c1\sc(C(C)=O)c(C)n1CC1COCCO1. The zero-order valence-corrected chi connectivity index (χ0v) is 17.4. The van der Waals surface area contributed by atoms with Crippen LogP contribution in [0, 0.1) is 6.92 Å². The van der Waals surface area contributed by atoms with E-state index in [-0.39, 0.29) is 17.5 Å². The van der Waals surface area contributed by atoms with E-state index < -0.39 is 5.91 Å². The van der Waals surface area contributed by atoms with Gasteiger partial charge < -0.3 is 18.8 Å². The minimum Gasteiger partial charge on any atom is -0.496 e. The molecule has 9 heteroatoms. The van der Waals surface area contributed by atoms with Gasteiger partial charge in [0.1, 0.15) is 5.75 Å². The van der Waals surface area contributed by atoms with Crippen LogP contribution in [0.1, 0.15) is 32.6 Å². The van der Waals surface area contributed by atoms with Crippen LogP contribution >= 0.6 is 22.9 Å². The number of ether oxygens (including phenoxy) is 3. The predicted molar refractivity (Wildman–Crippen MR) is 106 cm³/mol. The quantitative estimate of drug-likeness (QED) is 0.689. The summed E-state index contributed by atoms with van der Waals surface area (Å²) in [4.78, 5) is 30.1. The number of hydrogen-bond acceptors (Lipinski definition) is 6. The van der Waals surface area contributed by atoms with E-state index in [0.717, 1.165) is 5.69 Å². The van der Waals surface area contributed by atoms with Gasteiger partial charge in [0, 0.05) is 17.6 Å². The van der Waals surface area contributed by atoms with Gasteiger partial charge >= 0.3 is 0 Å². The zero-order chi connectivity index (χ0) is 20.3. The molecule has 1 atom stereocenters. The fourth-order valence-corrected chi connectivity index (χ4v) is 4.16. The van der Waals surface area contributed by atoms with Gasteiger partial charge in [0.15, 0.2) is 10.6 Å². The molecule has 1 amide bonds. The number of halogens is 1. The van der Waals surface area contributed by atoms with E-state index in [2.05, 4.69) is 4.99 Å². The highest BCUT2D eigenvalue weighted by Gasteiger charge is 2.21. The van der Waals surface area contributed by atoms with Crippen molar-refractivity contribution in [3.05, 3.63) is 44.2 Å². The van der Waals surface area contributed by atoms with E-state index in [1.165, 1.54) is 31.4 Å². The van der Waals surface area contributed by atoms with E-state index >= 15 is 0 Å². The molecule has 1 aromatic carbocycles. The Hall–Kier alpha value is -2.00. The third kappa shape index (κ3) is 4.52. The first-order valence-electron chi connectivity index (χ1n) is 8.73. The molecule has 1 fully saturated rings. The van der Waals surface area contributed by atoms with Crippen molar-refractivity contribution in [2.45, 2.75) is 26.5 Å². The number of methoxy groups -OCH3 is 1. The fraction of sp³-hybridized carbons (Fsp3) is 0.421. The van der Waals surface area contributed by atoms with Gasteiger partial charge in [0.2, 0.25) is 0 Å². The van der Waals surface area contributed by atoms with Gasteiger partial charge in [-0.3, -0.25) is 9.59 Å². The lowest BCUT2D eigenvalue weighted by atomic mass is 10.2. The maximum atomic E-state index is 12.8. The van der Waals surface area contributed by atoms with Crippen molar-refractivity contribution >= 4 is 34.6 Å². The van der Waals surface area contributed by atoms with Crippen molar-refractivity contribution in [2.75, 3.05) is 26.9 Å². The van der Waals surface area contributed by atoms with Gasteiger partial charge in [-0.2, -0.15) is 4.99 Å². The number of rotatable bonds is 5. The number of ketones is 1. The first-order valence-corrected chi connectivity index (χ1v) is 9.93. The number of carbonyl (C=O) groups is 2. The molecular weight excluding hydrogens is 404 g/mol. The number of benzene rings is 1. The molecule has 0 radical (unpaired) electrons. The summed E-state index contributed by atoms with van der Waals surface area (Å²) in [6, 6.07) is 4.77. The van der Waals surface area contributed by atoms with Crippen molar-refractivity contribution in [1.82, 2.24) is 4.57 Å². The molecule has 3 rings (SSSR count). The molecule has 1 unspecified atom stereocenters. The molecule has 28 heavy (non-hydrogen) atoms. The smallest absolute Gasteiger partial charge is 0.283 e. The van der Waals surface area contributed by atoms with Gasteiger partial charge in [-0.15, -0.1) is 0 Å². The van der Waals surface area contributed by atoms with Crippen LogP contribution in [0.25, 0.3) is 0 Å². The van der Waals surface area contributed by atoms with E-state index in [4.69, 9.17) is 25.8 Å². The van der Waals surface area contributed by atoms with Gasteiger partial charge in [-0.1, -0.05) is 22.9 Å². The summed E-state index contributed by atoms with van der Waals surface area (Å²) in [5, 5.41) is 0.409. The monoisotopic (exact) mass is 424 g/mol. The van der Waals surface area contributed by atoms with E-state index in [0.29, 0.717) is 46.8 Å². The lowest BCUT2D eigenvalue weighted by molar-refractivity contribution is -0.0939. The second kappa shape index (κ2) is 9.00. The summed E-state index contributed by atoms with van der Waals surface area (Å²) in [5.41, 5.74) is 1.01. The molecule has 1 aromatic heterocycles. The van der Waals surface area contributed by atoms with Crippen molar-refractivity contribution in [2.24, 2.45) is 4.99 Å². The minimum absolute atomic E-state index is 0.0775. The van der Waals surface area contributed by atoms with Gasteiger partial charge in [-0.05, 0) is 25.1 Å². The molecule has 0 N–H and O–H groups in total. The molecule has 0 bridgehead atoms. The van der Waals surface area contributed by atoms with Crippen molar-refractivity contribution in [1.29, 1.82) is 0 Å². The summed E-state index contributed by atoms with van der Waals surface area (Å²) >= 11 is 7.20. The van der Waals surface area contributed by atoms with Crippen molar-refractivity contribution in [3.63, 3.8) is 0 Å². The molecule has 2 aromatic rings. The number of thiazole rings is 1. The lowest BCUT2D eigenvalue weighted by Crippen LogP contribution is -2.35. The molecule has 0 aliphatic carbocycles. The maximum absolute atomic E-state index is 12.8. The third-order valence-electron chi connectivity index (χ3n) is 4.34. The molecule has 150 valence electrons. The van der Waals surface area contributed by atoms with E-state index in [1.54, 1.807) is 12.1 Å². The fourth-order valence-electron chi connectivity index (χ4n) is 2.95. The molecular formula is C19H21ClN2O5S. The van der Waals surface area contributed by atoms with Crippen molar-refractivity contribution in [3.8, 4) is 5.75 Å². The molecule has 1 aliphatic heterocycles. The number of nitrogens with zero attached hydrogens (tertiary/aromatic N) is 2. The Labute approximate surface area is 171 Å². The minimum atomic E-state index is -0.495. The summed E-state index contributed by atoms with van der Waals surface area (Å²) in [6.07, 6.45) is -0.170. The van der Waals surface area contributed by atoms with Crippen LogP contribution in [-0.2, 0) is 16.0 Å². The molecule has 7 nitrogen and oxygen atoms in total. The average molecular weight is 425 g/mol. The Kier molecular flexibility index (Phi) is 6.66. The Morgan fingerprint density at radius 3 is 2.82 bits per heavy atom. The van der Waals surface area contributed by atoms with Crippen LogP contribution in [0.2, 0.25) is 5.02 Å². The predicted octanol–water partition coefficient (Wildman–Crippen LogP) is 2.88. The summed E-state index contributed by atoms with van der Waals surface area (Å²) in [5.74, 6) is -0.189. The normalized spacial score (nSPS) is 17.6. The first kappa shape index (κ1) is 20.7. The van der Waals surface area contributed by atoms with Crippen LogP contribution in [0.15, 0.2) is 23.2 Å². The highest BCUT2D eigenvalue weighted by Crippen LogP contribution is 2.23. The van der Waals surface area contributed by atoms with Gasteiger partial charge in [-0.25, -0.2) is 0 Å². The van der Waals surface area contributed by atoms with Gasteiger partial charge in [0.05, 0.1) is 50.0 Å². The molecule has 1 aliphatic rings. The van der Waals surface area contributed by atoms with Crippen LogP contribution < -0.4 is 9.54 Å². The maximum Gasteiger partial charge on any atom is 0.283 e. The largest absolute Gasteiger partial charge is 0.496 e. The van der Waals surface area contributed by atoms with Crippen LogP contribution in [0.4, 0.5) is 0 Å². The zero-order valence-electron chi connectivity index (χ0n) is 15.9. The van der Waals surface area contributed by atoms with E-state index in [9.17, 15) is 9.59 Å². The van der Waals surface area contributed by atoms with E-state index in [1.807, 2.05) is 11.5 Å². The van der Waals surface area contributed by atoms with Crippen LogP contribution in [0.5, 0.6) is 5.75 Å². The first-order chi connectivity index (χ1) is 13.4. The molecule has 2 heterocycles. The summed E-state index contributed by atoms with van der Waals surface area (Å²) < 4.78 is 18.2. The second-order valence-electron chi connectivity index (χ2n) is 6.30.